The van der Waals surface area contributed by atoms with E-state index in [0.717, 1.165) is 53.3 Å². The molecule has 5 nitrogen and oxygen atoms in total. The number of para-hydroxylation sites is 1. The number of allylic oxidation sites excluding steroid dienone is 1. The van der Waals surface area contributed by atoms with Crippen LogP contribution in [0.3, 0.4) is 0 Å². The number of unbranched alkanes of at least 4 members (excludes halogenated alkanes) is 1. The number of benzene rings is 4. The molecule has 2 aromatic heterocycles. The van der Waals surface area contributed by atoms with Crippen molar-refractivity contribution in [1.29, 1.82) is 0 Å². The van der Waals surface area contributed by atoms with Crippen LogP contribution in [0.25, 0.3) is 33.8 Å². The molecule has 0 fully saturated rings. The number of pyridine rings is 1. The van der Waals surface area contributed by atoms with Crippen molar-refractivity contribution in [2.24, 2.45) is 0 Å². The number of fused-ring (bicyclic) bond motifs is 3. The Morgan fingerprint density at radius 3 is 2.13 bits per heavy atom. The average molecular weight is 617 g/mol. The molecular weight excluding hydrogens is 574 g/mol. The molecule has 1 aliphatic rings. The van der Waals surface area contributed by atoms with Crippen molar-refractivity contribution in [3.05, 3.63) is 145 Å². The van der Waals surface area contributed by atoms with E-state index in [2.05, 4.69) is 169 Å². The summed E-state index contributed by atoms with van der Waals surface area (Å²) in [5.41, 5.74) is 12.2. The van der Waals surface area contributed by atoms with E-state index in [1.165, 1.54) is 40.8 Å². The third-order valence-corrected chi connectivity index (χ3v) is 9.86. The van der Waals surface area contributed by atoms with Crippen LogP contribution in [0.1, 0.15) is 57.6 Å². The first-order valence-electron chi connectivity index (χ1n) is 16.9. The lowest BCUT2D eigenvalue weighted by molar-refractivity contribution is -0.741. The largest absolute Gasteiger partial charge is 0.311 e. The molecule has 7 rings (SSSR count). The van der Waals surface area contributed by atoms with Gasteiger partial charge in [-0.3, -0.25) is 0 Å². The fourth-order valence-electron chi connectivity index (χ4n) is 7.12. The molecule has 0 bridgehead atoms. The maximum absolute atomic E-state index is 4.61. The van der Waals surface area contributed by atoms with Gasteiger partial charge in [0.25, 0.3) is 0 Å². The predicted octanol–water partition coefficient (Wildman–Crippen LogP) is 10.2. The molecule has 47 heavy (non-hydrogen) atoms. The van der Waals surface area contributed by atoms with Crippen molar-refractivity contribution in [3.63, 3.8) is 0 Å². The summed E-state index contributed by atoms with van der Waals surface area (Å²) >= 11 is 0. The van der Waals surface area contributed by atoms with Gasteiger partial charge in [0.15, 0.2) is 11.7 Å². The van der Waals surface area contributed by atoms with Crippen molar-refractivity contribution in [2.75, 3.05) is 4.90 Å². The van der Waals surface area contributed by atoms with E-state index in [4.69, 9.17) is 0 Å². The molecule has 0 atom stereocenters. The average Bonchev–Trinajstić information content (AvgIpc) is 3.63. The van der Waals surface area contributed by atoms with E-state index in [1.807, 2.05) is 10.9 Å². The Bertz CT molecular complexity index is 2000. The van der Waals surface area contributed by atoms with E-state index in [-0.39, 0.29) is 5.54 Å². The molecule has 1 aliphatic heterocycles. The minimum atomic E-state index is -0.119. The lowest BCUT2D eigenvalue weighted by atomic mass is 9.75. The minimum absolute atomic E-state index is 0.119. The maximum Gasteiger partial charge on any atom is 0.213 e. The molecule has 0 saturated heterocycles. The molecular formula is C42H42N5+. The van der Waals surface area contributed by atoms with Crippen LogP contribution < -0.4 is 9.47 Å². The Morgan fingerprint density at radius 1 is 0.745 bits per heavy atom. The first-order valence-corrected chi connectivity index (χ1v) is 16.9. The zero-order valence-electron chi connectivity index (χ0n) is 27.6. The predicted molar refractivity (Wildman–Crippen MR) is 193 cm³/mol. The van der Waals surface area contributed by atoms with Crippen molar-refractivity contribution in [3.8, 4) is 28.2 Å². The summed E-state index contributed by atoms with van der Waals surface area (Å²) in [7, 11) is 0. The molecule has 0 aliphatic carbocycles. The van der Waals surface area contributed by atoms with E-state index in [1.54, 1.807) is 0 Å². The topological polar surface area (TPSA) is 37.8 Å². The molecule has 0 unspecified atom stereocenters. The van der Waals surface area contributed by atoms with Gasteiger partial charge in [0, 0.05) is 53.2 Å². The number of rotatable bonds is 10. The molecule has 6 aromatic rings. The minimum Gasteiger partial charge on any atom is -0.311 e. The van der Waals surface area contributed by atoms with Crippen LogP contribution in [0.4, 0.5) is 17.1 Å². The normalized spacial score (nSPS) is 13.2. The highest BCUT2D eigenvalue weighted by Crippen LogP contribution is 2.44. The number of hydrogen-bond donors (Lipinski definition) is 0. The van der Waals surface area contributed by atoms with Crippen LogP contribution in [0, 0.1) is 0 Å². The fourth-order valence-corrected chi connectivity index (χ4v) is 7.12. The SMILES string of the molecule is C=C1c2ccc(-n3cc(-c4ccc(N(c5ccccc5)c5ccc(CCCC)cc5)cc4)nn3)cc2-c2cccc[n+]2C1(CC)CC. The van der Waals surface area contributed by atoms with Gasteiger partial charge >= 0.3 is 0 Å². The van der Waals surface area contributed by atoms with Crippen molar-refractivity contribution >= 4 is 22.6 Å². The monoisotopic (exact) mass is 616 g/mol. The standard InChI is InChI=1S/C42H42N5/c1-5-8-14-32-18-22-35(23-19-32)47(34-15-10-9-11-16-34)36-24-20-33(21-25-36)40-30-46(44-43-40)37-26-27-38-31(4)42(6-2,7-3)45-28-13-12-17-41(45)39(38)29-37/h9-13,15-30H,4-8,14H2,1-3H3/q+1. The van der Waals surface area contributed by atoms with E-state index in [0.29, 0.717) is 0 Å². The summed E-state index contributed by atoms with van der Waals surface area (Å²) < 4.78 is 4.28. The Morgan fingerprint density at radius 2 is 1.43 bits per heavy atom. The van der Waals surface area contributed by atoms with Crippen molar-refractivity contribution < 1.29 is 4.57 Å². The Hall–Kier alpha value is -5.29. The van der Waals surface area contributed by atoms with Gasteiger partial charge in [0.1, 0.15) is 5.69 Å². The van der Waals surface area contributed by atoms with Crippen molar-refractivity contribution in [2.45, 2.75) is 58.4 Å². The van der Waals surface area contributed by atoms with Crippen LogP contribution in [-0.4, -0.2) is 15.0 Å². The molecule has 3 heterocycles. The maximum atomic E-state index is 4.61. The first kappa shape index (κ1) is 30.4. The molecule has 0 saturated carbocycles. The summed E-state index contributed by atoms with van der Waals surface area (Å²) in [6.45, 7) is 11.4. The number of aromatic nitrogens is 4. The van der Waals surface area contributed by atoms with Crippen molar-refractivity contribution in [1.82, 2.24) is 15.0 Å². The summed E-state index contributed by atoms with van der Waals surface area (Å²) in [4.78, 5) is 2.30. The second-order valence-electron chi connectivity index (χ2n) is 12.4. The number of anilines is 3. The Kier molecular flexibility index (Phi) is 8.30. The Labute approximate surface area is 278 Å². The van der Waals surface area contributed by atoms with Gasteiger partial charge in [-0.2, -0.15) is 4.57 Å². The van der Waals surface area contributed by atoms with Crippen LogP contribution in [0.15, 0.2) is 134 Å². The van der Waals surface area contributed by atoms with Gasteiger partial charge in [-0.1, -0.05) is 87.5 Å². The van der Waals surface area contributed by atoms with Crippen LogP contribution >= 0.6 is 0 Å². The molecule has 5 heteroatoms. The summed E-state index contributed by atoms with van der Waals surface area (Å²) in [5, 5.41) is 9.14. The van der Waals surface area contributed by atoms with Gasteiger partial charge in [-0.25, -0.2) is 4.68 Å². The molecule has 0 amide bonds. The summed E-state index contributed by atoms with van der Waals surface area (Å²) in [6, 6.07) is 41.1. The van der Waals surface area contributed by atoms with Gasteiger partial charge in [0.05, 0.1) is 17.4 Å². The number of nitrogens with zero attached hydrogens (tertiary/aromatic N) is 5. The second-order valence-corrected chi connectivity index (χ2v) is 12.4. The lowest BCUT2D eigenvalue weighted by Gasteiger charge is -2.34. The number of aryl methyl sites for hydroxylation is 1. The van der Waals surface area contributed by atoms with E-state index in [9.17, 15) is 0 Å². The fraction of sp³-hybridized carbons (Fsp3) is 0.214. The summed E-state index contributed by atoms with van der Waals surface area (Å²) in [6.07, 6.45) is 9.72. The highest BCUT2D eigenvalue weighted by Gasteiger charge is 2.46. The zero-order valence-corrected chi connectivity index (χ0v) is 27.6. The van der Waals surface area contributed by atoms with Crippen LogP contribution in [0.5, 0.6) is 0 Å². The van der Waals surface area contributed by atoms with E-state index < -0.39 is 0 Å². The Balaban J connectivity index is 1.18. The quantitative estimate of drug-likeness (QED) is 0.144. The van der Waals surface area contributed by atoms with Gasteiger partial charge < -0.3 is 4.90 Å². The number of hydrogen-bond acceptors (Lipinski definition) is 3. The highest BCUT2D eigenvalue weighted by molar-refractivity contribution is 5.84. The molecule has 0 spiro atoms. The third kappa shape index (κ3) is 5.46. The van der Waals surface area contributed by atoms with Gasteiger partial charge in [-0.15, -0.1) is 5.10 Å². The second kappa shape index (κ2) is 12.8. The summed E-state index contributed by atoms with van der Waals surface area (Å²) in [5.74, 6) is 0. The van der Waals surface area contributed by atoms with E-state index >= 15 is 0 Å². The highest BCUT2D eigenvalue weighted by atomic mass is 15.4. The van der Waals surface area contributed by atoms with Gasteiger partial charge in [-0.05, 0) is 78.6 Å². The zero-order chi connectivity index (χ0) is 32.4. The molecule has 0 N–H and O–H groups in total. The lowest BCUT2D eigenvalue weighted by Crippen LogP contribution is -2.59. The van der Waals surface area contributed by atoms with Crippen LogP contribution in [0.2, 0.25) is 0 Å². The third-order valence-electron chi connectivity index (χ3n) is 9.86. The molecule has 234 valence electrons. The van der Waals surface area contributed by atoms with Gasteiger partial charge in [0.2, 0.25) is 5.69 Å². The smallest absolute Gasteiger partial charge is 0.213 e. The molecule has 0 radical (unpaired) electrons. The molecule has 4 aromatic carbocycles. The first-order chi connectivity index (χ1) is 23.1. The van der Waals surface area contributed by atoms with Crippen LogP contribution in [-0.2, 0) is 12.0 Å².